The number of nitrogens with two attached hydrogens (primary N) is 1. The van der Waals surface area contributed by atoms with Gasteiger partial charge in [0.1, 0.15) is 0 Å². The number of hydrogen-bond acceptors (Lipinski definition) is 3. The number of aryl methyl sites for hydroxylation is 1. The number of hydrogen-bond donors (Lipinski definition) is 1. The fourth-order valence-corrected chi connectivity index (χ4v) is 3.84. The van der Waals surface area contributed by atoms with Gasteiger partial charge in [0.15, 0.2) is 0 Å². The van der Waals surface area contributed by atoms with Crippen LogP contribution in [0.4, 0.5) is 0 Å². The van der Waals surface area contributed by atoms with Gasteiger partial charge < -0.3 is 5.73 Å². The van der Waals surface area contributed by atoms with Gasteiger partial charge >= 0.3 is 0 Å². The molecule has 2 aliphatic rings. The third-order valence-corrected chi connectivity index (χ3v) is 5.46. The van der Waals surface area contributed by atoms with Gasteiger partial charge in [-0.25, -0.2) is 0 Å². The maximum Gasteiger partial charge on any atom is 0.0473 e. The zero-order chi connectivity index (χ0) is 15.0. The van der Waals surface area contributed by atoms with Crippen LogP contribution in [0.1, 0.15) is 37.3 Å². The van der Waals surface area contributed by atoms with Gasteiger partial charge in [0.05, 0.1) is 0 Å². The Morgan fingerprint density at radius 1 is 1.29 bits per heavy atom. The van der Waals surface area contributed by atoms with E-state index in [0.717, 1.165) is 25.7 Å². The second-order valence-electron chi connectivity index (χ2n) is 7.23. The van der Waals surface area contributed by atoms with E-state index in [2.05, 4.69) is 55.0 Å². The molecule has 2 fully saturated rings. The van der Waals surface area contributed by atoms with Crippen molar-refractivity contribution in [1.29, 1.82) is 0 Å². The molecule has 21 heavy (non-hydrogen) atoms. The van der Waals surface area contributed by atoms with Crippen LogP contribution in [0.2, 0.25) is 0 Å². The molecule has 0 amide bonds. The first-order valence-corrected chi connectivity index (χ1v) is 8.27. The molecule has 0 aromatic heterocycles. The van der Waals surface area contributed by atoms with Crippen LogP contribution < -0.4 is 5.73 Å². The Morgan fingerprint density at radius 3 is 2.52 bits per heavy atom. The van der Waals surface area contributed by atoms with Crippen LogP contribution in [0.3, 0.4) is 0 Å². The number of rotatable bonds is 5. The summed E-state index contributed by atoms with van der Waals surface area (Å²) in [5.41, 5.74) is 9.08. The molecule has 3 rings (SSSR count). The molecule has 3 nitrogen and oxygen atoms in total. The summed E-state index contributed by atoms with van der Waals surface area (Å²) in [6, 6.07) is 10.4. The lowest BCUT2D eigenvalue weighted by Gasteiger charge is -2.38. The van der Waals surface area contributed by atoms with E-state index in [4.69, 9.17) is 5.73 Å². The molecule has 116 valence electrons. The van der Waals surface area contributed by atoms with E-state index in [0.29, 0.717) is 6.04 Å². The molecule has 1 aromatic carbocycles. The van der Waals surface area contributed by atoms with E-state index in [9.17, 15) is 0 Å². The van der Waals surface area contributed by atoms with Crippen molar-refractivity contribution >= 4 is 0 Å². The second-order valence-corrected chi connectivity index (χ2v) is 7.23. The molecule has 3 heteroatoms. The quantitative estimate of drug-likeness (QED) is 0.902. The lowest BCUT2D eigenvalue weighted by atomic mass is 9.94. The van der Waals surface area contributed by atoms with Gasteiger partial charge in [0.2, 0.25) is 0 Å². The Morgan fingerprint density at radius 2 is 1.95 bits per heavy atom. The van der Waals surface area contributed by atoms with E-state index in [1.165, 1.54) is 30.4 Å². The first-order chi connectivity index (χ1) is 10.0. The Kier molecular flexibility index (Phi) is 4.08. The van der Waals surface area contributed by atoms with E-state index < -0.39 is 0 Å². The summed E-state index contributed by atoms with van der Waals surface area (Å²) in [7, 11) is 2.25. The Balaban J connectivity index is 1.71. The lowest BCUT2D eigenvalue weighted by molar-refractivity contribution is 0.120. The van der Waals surface area contributed by atoms with Crippen LogP contribution in [0, 0.1) is 6.92 Å². The molecule has 1 heterocycles. The highest BCUT2D eigenvalue weighted by atomic mass is 15.3. The van der Waals surface area contributed by atoms with Crippen molar-refractivity contribution in [2.75, 3.05) is 20.1 Å². The van der Waals surface area contributed by atoms with Gasteiger partial charge in [-0.2, -0.15) is 0 Å². The summed E-state index contributed by atoms with van der Waals surface area (Å²) in [5.74, 6) is 0. The van der Waals surface area contributed by atoms with Crippen LogP contribution in [0.15, 0.2) is 24.3 Å². The minimum absolute atomic E-state index is 0.146. The Bertz CT molecular complexity index is 480. The van der Waals surface area contributed by atoms with E-state index in [1.54, 1.807) is 0 Å². The number of benzene rings is 1. The zero-order valence-electron chi connectivity index (χ0n) is 13.7. The highest BCUT2D eigenvalue weighted by molar-refractivity contribution is 5.21. The molecule has 1 saturated carbocycles. The summed E-state index contributed by atoms with van der Waals surface area (Å²) in [4.78, 5) is 5.19. The van der Waals surface area contributed by atoms with Crippen molar-refractivity contribution in [3.63, 3.8) is 0 Å². The Labute approximate surface area is 129 Å². The third-order valence-electron chi connectivity index (χ3n) is 5.46. The van der Waals surface area contributed by atoms with E-state index in [-0.39, 0.29) is 5.54 Å². The maximum atomic E-state index is 6.22. The first kappa shape index (κ1) is 15.0. The predicted molar refractivity (Wildman–Crippen MR) is 88.2 cm³/mol. The minimum Gasteiger partial charge on any atom is -0.329 e. The average Bonchev–Trinajstić information content (AvgIpc) is 3.25. The number of likely N-dealkylation sites (tertiary alicyclic amines) is 1. The van der Waals surface area contributed by atoms with Gasteiger partial charge in [-0.05, 0) is 45.7 Å². The van der Waals surface area contributed by atoms with Crippen molar-refractivity contribution in [3.05, 3.63) is 35.4 Å². The molecule has 0 radical (unpaired) electrons. The standard InChI is InChI=1S/C18H29N3/c1-14-4-6-16(7-5-14)11-20(3)18(12-19)10-15(2)21(13-18)17-8-9-17/h4-7,15,17H,8-13,19H2,1-3H3. The fourth-order valence-electron chi connectivity index (χ4n) is 3.84. The molecule has 2 N–H and O–H groups in total. The van der Waals surface area contributed by atoms with Gasteiger partial charge in [-0.1, -0.05) is 29.8 Å². The smallest absolute Gasteiger partial charge is 0.0473 e. The van der Waals surface area contributed by atoms with Crippen molar-refractivity contribution < 1.29 is 0 Å². The summed E-state index contributed by atoms with van der Waals surface area (Å²) in [5, 5.41) is 0. The van der Waals surface area contributed by atoms with Crippen LogP contribution in [-0.4, -0.2) is 47.6 Å². The molecular formula is C18H29N3. The highest BCUT2D eigenvalue weighted by Gasteiger charge is 2.48. The average molecular weight is 287 g/mol. The van der Waals surface area contributed by atoms with Gasteiger partial charge in [-0.15, -0.1) is 0 Å². The topological polar surface area (TPSA) is 32.5 Å². The molecule has 2 atom stereocenters. The highest BCUT2D eigenvalue weighted by Crippen LogP contribution is 2.39. The number of likely N-dealkylation sites (N-methyl/N-ethyl adjacent to an activating group) is 1. The monoisotopic (exact) mass is 287 g/mol. The molecule has 1 saturated heterocycles. The lowest BCUT2D eigenvalue weighted by Crippen LogP contribution is -2.53. The zero-order valence-corrected chi connectivity index (χ0v) is 13.7. The van der Waals surface area contributed by atoms with Gasteiger partial charge in [-0.3, -0.25) is 9.80 Å². The van der Waals surface area contributed by atoms with Crippen molar-refractivity contribution in [1.82, 2.24) is 9.80 Å². The molecule has 0 spiro atoms. The van der Waals surface area contributed by atoms with Crippen LogP contribution in [0.5, 0.6) is 0 Å². The minimum atomic E-state index is 0.146. The summed E-state index contributed by atoms with van der Waals surface area (Å²) in [6.07, 6.45) is 3.96. The molecule has 2 unspecified atom stereocenters. The first-order valence-electron chi connectivity index (χ1n) is 8.27. The van der Waals surface area contributed by atoms with E-state index in [1.807, 2.05) is 0 Å². The molecule has 1 aromatic rings. The molecular weight excluding hydrogens is 258 g/mol. The molecule has 1 aliphatic carbocycles. The predicted octanol–water partition coefficient (Wildman–Crippen LogP) is 2.38. The van der Waals surface area contributed by atoms with Crippen LogP contribution in [-0.2, 0) is 6.54 Å². The normalized spacial score (nSPS) is 30.2. The summed E-state index contributed by atoms with van der Waals surface area (Å²) >= 11 is 0. The maximum absolute atomic E-state index is 6.22. The van der Waals surface area contributed by atoms with Crippen LogP contribution in [0.25, 0.3) is 0 Å². The molecule has 1 aliphatic heterocycles. The third kappa shape index (κ3) is 3.01. The Hall–Kier alpha value is -0.900. The molecule has 0 bridgehead atoms. The van der Waals surface area contributed by atoms with Crippen molar-refractivity contribution in [2.24, 2.45) is 5.73 Å². The van der Waals surface area contributed by atoms with E-state index >= 15 is 0 Å². The van der Waals surface area contributed by atoms with Gasteiger partial charge in [0.25, 0.3) is 0 Å². The summed E-state index contributed by atoms with van der Waals surface area (Å²) < 4.78 is 0. The van der Waals surface area contributed by atoms with Crippen molar-refractivity contribution in [2.45, 2.75) is 57.3 Å². The second kappa shape index (κ2) is 5.71. The SMILES string of the molecule is Cc1ccc(CN(C)C2(CN)CC(C)N(C3CC3)C2)cc1. The fraction of sp³-hybridized carbons (Fsp3) is 0.667. The van der Waals surface area contributed by atoms with Crippen LogP contribution >= 0.6 is 0 Å². The largest absolute Gasteiger partial charge is 0.329 e. The number of nitrogens with zero attached hydrogens (tertiary/aromatic N) is 2. The van der Waals surface area contributed by atoms with Gasteiger partial charge in [0, 0.05) is 37.3 Å². The summed E-state index contributed by atoms with van der Waals surface area (Å²) in [6.45, 7) is 7.39. The van der Waals surface area contributed by atoms with Crippen molar-refractivity contribution in [3.8, 4) is 0 Å².